The average molecular weight is 272 g/mol. The molecule has 0 saturated heterocycles. The molecule has 15 heavy (non-hydrogen) atoms. The van der Waals surface area contributed by atoms with Gasteiger partial charge in [-0.25, -0.2) is 0 Å². The maximum Gasteiger partial charge on any atom is 0.305 e. The molecule has 1 aromatic rings. The summed E-state index contributed by atoms with van der Waals surface area (Å²) in [5.74, 6) is -0.789. The minimum Gasteiger partial charge on any atom is -0.481 e. The van der Waals surface area contributed by atoms with Gasteiger partial charge in [-0.1, -0.05) is 22.0 Å². The largest absolute Gasteiger partial charge is 0.481 e. The summed E-state index contributed by atoms with van der Waals surface area (Å²) < 4.78 is 1.02. The standard InChI is InChI=1S/C11H14BrNO2/c1-7(6-11(14)15)13-10-5-3-4-9(12)8(10)2/h3-5,7,13H,6H2,1-2H3,(H,14,15). The Labute approximate surface area is 97.6 Å². The molecule has 0 spiro atoms. The number of rotatable bonds is 4. The maximum atomic E-state index is 10.5. The fourth-order valence-corrected chi connectivity index (χ4v) is 1.71. The van der Waals surface area contributed by atoms with E-state index in [1.807, 2.05) is 32.0 Å². The average Bonchev–Trinajstić information content (AvgIpc) is 2.11. The summed E-state index contributed by atoms with van der Waals surface area (Å²) in [6.45, 7) is 3.84. The van der Waals surface area contributed by atoms with Crippen molar-refractivity contribution in [3.63, 3.8) is 0 Å². The van der Waals surface area contributed by atoms with Gasteiger partial charge in [-0.3, -0.25) is 4.79 Å². The third-order valence-electron chi connectivity index (χ3n) is 2.15. The van der Waals surface area contributed by atoms with Crippen molar-refractivity contribution in [3.05, 3.63) is 28.2 Å². The lowest BCUT2D eigenvalue weighted by Crippen LogP contribution is -2.19. The molecular formula is C11H14BrNO2. The second-order valence-corrected chi connectivity index (χ2v) is 4.41. The molecule has 2 N–H and O–H groups in total. The summed E-state index contributed by atoms with van der Waals surface area (Å²) in [4.78, 5) is 10.5. The van der Waals surface area contributed by atoms with E-state index in [0.29, 0.717) is 0 Å². The number of benzene rings is 1. The van der Waals surface area contributed by atoms with Crippen molar-refractivity contribution < 1.29 is 9.90 Å². The van der Waals surface area contributed by atoms with Gasteiger partial charge in [0.25, 0.3) is 0 Å². The molecule has 0 saturated carbocycles. The SMILES string of the molecule is Cc1c(Br)cccc1NC(C)CC(=O)O. The lowest BCUT2D eigenvalue weighted by atomic mass is 10.1. The van der Waals surface area contributed by atoms with Gasteiger partial charge in [0, 0.05) is 16.2 Å². The van der Waals surface area contributed by atoms with Gasteiger partial charge in [-0.15, -0.1) is 0 Å². The molecule has 0 bridgehead atoms. The highest BCUT2D eigenvalue weighted by molar-refractivity contribution is 9.10. The fraction of sp³-hybridized carbons (Fsp3) is 0.364. The summed E-state index contributed by atoms with van der Waals surface area (Å²) in [6.07, 6.45) is 0.117. The number of nitrogens with one attached hydrogen (secondary N) is 1. The first-order chi connectivity index (χ1) is 7.00. The van der Waals surface area contributed by atoms with Crippen LogP contribution in [0.1, 0.15) is 18.9 Å². The third kappa shape index (κ3) is 3.55. The highest BCUT2D eigenvalue weighted by atomic mass is 79.9. The Morgan fingerprint density at radius 3 is 2.87 bits per heavy atom. The quantitative estimate of drug-likeness (QED) is 0.885. The zero-order chi connectivity index (χ0) is 11.4. The van der Waals surface area contributed by atoms with Crippen molar-refractivity contribution in [3.8, 4) is 0 Å². The number of carboxylic acids is 1. The number of anilines is 1. The minimum absolute atomic E-state index is 0.0736. The molecule has 0 radical (unpaired) electrons. The van der Waals surface area contributed by atoms with E-state index in [1.54, 1.807) is 0 Å². The molecule has 4 heteroatoms. The van der Waals surface area contributed by atoms with Crippen molar-refractivity contribution in [1.29, 1.82) is 0 Å². The topological polar surface area (TPSA) is 49.3 Å². The molecule has 1 atom stereocenters. The summed E-state index contributed by atoms with van der Waals surface area (Å²) in [5.41, 5.74) is 2.06. The molecule has 3 nitrogen and oxygen atoms in total. The van der Waals surface area contributed by atoms with Crippen LogP contribution in [0.3, 0.4) is 0 Å². The molecular weight excluding hydrogens is 258 g/mol. The van der Waals surface area contributed by atoms with Crippen LogP contribution >= 0.6 is 15.9 Å². The number of aliphatic carboxylic acids is 1. The van der Waals surface area contributed by atoms with E-state index in [2.05, 4.69) is 21.2 Å². The van der Waals surface area contributed by atoms with Gasteiger partial charge in [0.1, 0.15) is 0 Å². The van der Waals surface area contributed by atoms with Crippen LogP contribution in [0, 0.1) is 6.92 Å². The van der Waals surface area contributed by atoms with Crippen molar-refractivity contribution in [2.45, 2.75) is 26.3 Å². The summed E-state index contributed by atoms with van der Waals surface area (Å²) in [5, 5.41) is 11.8. The molecule has 0 aliphatic carbocycles. The maximum absolute atomic E-state index is 10.5. The van der Waals surface area contributed by atoms with Crippen molar-refractivity contribution in [2.24, 2.45) is 0 Å². The van der Waals surface area contributed by atoms with Crippen molar-refractivity contribution in [1.82, 2.24) is 0 Å². The number of carboxylic acid groups (broad SMARTS) is 1. The number of hydrogen-bond acceptors (Lipinski definition) is 2. The summed E-state index contributed by atoms with van der Waals surface area (Å²) >= 11 is 3.43. The Kier molecular flexibility index (Phi) is 4.15. The van der Waals surface area contributed by atoms with Crippen LogP contribution in [0.15, 0.2) is 22.7 Å². The first-order valence-corrected chi connectivity index (χ1v) is 5.53. The predicted molar refractivity (Wildman–Crippen MR) is 64.2 cm³/mol. The molecule has 0 fully saturated rings. The molecule has 0 aliphatic heterocycles. The first-order valence-electron chi connectivity index (χ1n) is 4.74. The van der Waals surface area contributed by atoms with E-state index in [0.717, 1.165) is 15.7 Å². The van der Waals surface area contributed by atoms with Gasteiger partial charge in [0.2, 0.25) is 0 Å². The number of halogens is 1. The lowest BCUT2D eigenvalue weighted by molar-refractivity contribution is -0.137. The van der Waals surface area contributed by atoms with Gasteiger partial charge in [0.05, 0.1) is 6.42 Å². The van der Waals surface area contributed by atoms with Gasteiger partial charge in [-0.05, 0) is 31.5 Å². The van der Waals surface area contributed by atoms with Gasteiger partial charge in [0.15, 0.2) is 0 Å². The Morgan fingerprint density at radius 1 is 1.60 bits per heavy atom. The van der Waals surface area contributed by atoms with Crippen molar-refractivity contribution in [2.75, 3.05) is 5.32 Å². The van der Waals surface area contributed by atoms with Crippen LogP contribution in [0.25, 0.3) is 0 Å². The van der Waals surface area contributed by atoms with Crippen LogP contribution in [-0.2, 0) is 4.79 Å². The van der Waals surface area contributed by atoms with Crippen LogP contribution in [-0.4, -0.2) is 17.1 Å². The normalized spacial score (nSPS) is 12.2. The fourth-order valence-electron chi connectivity index (χ4n) is 1.34. The molecule has 0 heterocycles. The number of hydrogen-bond donors (Lipinski definition) is 2. The van der Waals surface area contributed by atoms with Crippen LogP contribution in [0.5, 0.6) is 0 Å². The van der Waals surface area contributed by atoms with E-state index >= 15 is 0 Å². The van der Waals surface area contributed by atoms with Crippen LogP contribution in [0.4, 0.5) is 5.69 Å². The minimum atomic E-state index is -0.789. The Hall–Kier alpha value is -1.03. The lowest BCUT2D eigenvalue weighted by Gasteiger charge is -2.15. The third-order valence-corrected chi connectivity index (χ3v) is 3.01. The Bertz CT molecular complexity index is 366. The molecule has 1 unspecified atom stereocenters. The molecule has 82 valence electrons. The van der Waals surface area contributed by atoms with E-state index in [-0.39, 0.29) is 12.5 Å². The van der Waals surface area contributed by atoms with Crippen molar-refractivity contribution >= 4 is 27.6 Å². The van der Waals surface area contributed by atoms with E-state index in [9.17, 15) is 4.79 Å². The molecule has 0 amide bonds. The van der Waals surface area contributed by atoms with Gasteiger partial charge < -0.3 is 10.4 Å². The van der Waals surface area contributed by atoms with Crippen LogP contribution in [0.2, 0.25) is 0 Å². The zero-order valence-corrected chi connectivity index (χ0v) is 10.3. The molecule has 0 aromatic heterocycles. The molecule has 1 rings (SSSR count). The zero-order valence-electron chi connectivity index (χ0n) is 8.75. The van der Waals surface area contributed by atoms with E-state index in [4.69, 9.17) is 5.11 Å². The smallest absolute Gasteiger partial charge is 0.305 e. The van der Waals surface area contributed by atoms with E-state index in [1.165, 1.54) is 0 Å². The second kappa shape index (κ2) is 5.16. The Morgan fingerprint density at radius 2 is 2.27 bits per heavy atom. The van der Waals surface area contributed by atoms with Gasteiger partial charge in [-0.2, -0.15) is 0 Å². The highest BCUT2D eigenvalue weighted by Crippen LogP contribution is 2.24. The molecule has 1 aromatic carbocycles. The predicted octanol–water partition coefficient (Wildman–Crippen LogP) is 3.03. The summed E-state index contributed by atoms with van der Waals surface area (Å²) in [7, 11) is 0. The van der Waals surface area contributed by atoms with Crippen LogP contribution < -0.4 is 5.32 Å². The highest BCUT2D eigenvalue weighted by Gasteiger charge is 2.09. The summed E-state index contributed by atoms with van der Waals surface area (Å²) in [6, 6.07) is 5.75. The first kappa shape index (κ1) is 12.0. The second-order valence-electron chi connectivity index (χ2n) is 3.56. The molecule has 0 aliphatic rings. The Balaban J connectivity index is 2.72. The monoisotopic (exact) mass is 271 g/mol. The van der Waals surface area contributed by atoms with Gasteiger partial charge >= 0.3 is 5.97 Å². The van der Waals surface area contributed by atoms with E-state index < -0.39 is 5.97 Å². The number of carbonyl (C=O) groups is 1.